The molecule has 3 rings (SSSR count). The van der Waals surface area contributed by atoms with Gasteiger partial charge in [-0.05, 0) is 33.1 Å². The Morgan fingerprint density at radius 2 is 1.59 bits per heavy atom. The maximum atomic E-state index is 12.9. The first-order valence-electron chi connectivity index (χ1n) is 9.72. The number of piperazine rings is 1. The van der Waals surface area contributed by atoms with Crippen molar-refractivity contribution in [1.29, 1.82) is 0 Å². The second-order valence-electron chi connectivity index (χ2n) is 7.93. The van der Waals surface area contributed by atoms with Crippen LogP contribution in [0.15, 0.2) is 0 Å². The van der Waals surface area contributed by atoms with Crippen molar-refractivity contribution in [1.82, 2.24) is 13.5 Å². The molecule has 0 aromatic carbocycles. The fourth-order valence-corrected chi connectivity index (χ4v) is 6.08. The molecule has 1 aliphatic carbocycles. The van der Waals surface area contributed by atoms with Gasteiger partial charge in [0.2, 0.25) is 5.91 Å². The highest BCUT2D eigenvalue weighted by molar-refractivity contribution is 7.86. The third kappa shape index (κ3) is 5.33. The minimum Gasteiger partial charge on any atom is -0.373 e. The van der Waals surface area contributed by atoms with E-state index in [1.54, 1.807) is 0 Å². The van der Waals surface area contributed by atoms with Crippen LogP contribution in [0.4, 0.5) is 0 Å². The molecule has 0 aromatic rings. The van der Waals surface area contributed by atoms with Gasteiger partial charge in [-0.1, -0.05) is 6.42 Å². The van der Waals surface area contributed by atoms with Crippen LogP contribution in [-0.2, 0) is 19.7 Å². The highest BCUT2D eigenvalue weighted by Crippen LogP contribution is 2.26. The molecule has 10 heteroatoms. The van der Waals surface area contributed by atoms with E-state index in [0.717, 1.165) is 25.7 Å². The summed E-state index contributed by atoms with van der Waals surface area (Å²) in [6.07, 6.45) is 3.43. The van der Waals surface area contributed by atoms with Crippen LogP contribution in [0.1, 0.15) is 39.5 Å². The molecule has 3 aliphatic rings. The molecule has 158 valence electrons. The topological polar surface area (TPSA) is 96.2 Å². The molecule has 2 saturated heterocycles. The minimum atomic E-state index is -3.50. The summed E-state index contributed by atoms with van der Waals surface area (Å²) in [4.78, 5) is 14.5. The Morgan fingerprint density at radius 1 is 1.00 bits per heavy atom. The second-order valence-corrected chi connectivity index (χ2v) is 9.86. The van der Waals surface area contributed by atoms with E-state index in [0.29, 0.717) is 39.3 Å². The van der Waals surface area contributed by atoms with E-state index in [2.05, 4.69) is 0 Å². The molecule has 4 unspecified atom stereocenters. The number of carbonyl (C=O) groups is 1. The average molecular weight is 425 g/mol. The van der Waals surface area contributed by atoms with Crippen molar-refractivity contribution in [2.45, 2.75) is 57.8 Å². The lowest BCUT2D eigenvalue weighted by atomic mass is 9.85. The molecular weight excluding hydrogens is 392 g/mol. The van der Waals surface area contributed by atoms with Gasteiger partial charge in [0.05, 0.1) is 12.2 Å². The smallest absolute Gasteiger partial charge is 0.282 e. The van der Waals surface area contributed by atoms with E-state index in [4.69, 9.17) is 10.5 Å². The molecule has 2 heterocycles. The molecule has 3 fully saturated rings. The van der Waals surface area contributed by atoms with Gasteiger partial charge in [-0.2, -0.15) is 17.0 Å². The van der Waals surface area contributed by atoms with Crippen molar-refractivity contribution in [3.8, 4) is 0 Å². The summed E-state index contributed by atoms with van der Waals surface area (Å²) in [5.41, 5.74) is 6.00. The zero-order valence-corrected chi connectivity index (χ0v) is 17.9. The molecular formula is C17H33ClN4O4S. The van der Waals surface area contributed by atoms with Crippen molar-refractivity contribution >= 4 is 28.5 Å². The number of amides is 1. The SMILES string of the molecule is CC1CN(S(=O)(=O)N2CCN(C(=O)C3CCCC(N)C3)CC2)CC(C)O1.Cl. The van der Waals surface area contributed by atoms with Crippen molar-refractivity contribution < 1.29 is 17.9 Å². The average Bonchev–Trinajstić information content (AvgIpc) is 2.60. The summed E-state index contributed by atoms with van der Waals surface area (Å²) >= 11 is 0. The van der Waals surface area contributed by atoms with Crippen LogP contribution >= 0.6 is 12.4 Å². The summed E-state index contributed by atoms with van der Waals surface area (Å²) in [5.74, 6) is 0.147. The fraction of sp³-hybridized carbons (Fsp3) is 0.941. The first kappa shape index (κ1) is 22.8. The monoisotopic (exact) mass is 424 g/mol. The van der Waals surface area contributed by atoms with Crippen molar-refractivity contribution in [3.05, 3.63) is 0 Å². The Kier molecular flexibility index (Phi) is 7.92. The highest BCUT2D eigenvalue weighted by atomic mass is 35.5. The Labute approximate surface area is 169 Å². The van der Waals surface area contributed by atoms with Gasteiger partial charge >= 0.3 is 0 Å². The number of hydrogen-bond donors (Lipinski definition) is 1. The molecule has 1 saturated carbocycles. The Balaban J connectivity index is 0.00000261. The van der Waals surface area contributed by atoms with E-state index in [1.165, 1.54) is 8.61 Å². The van der Waals surface area contributed by atoms with Gasteiger partial charge < -0.3 is 15.4 Å². The van der Waals surface area contributed by atoms with Gasteiger partial charge in [0.25, 0.3) is 10.2 Å². The maximum absolute atomic E-state index is 12.9. The van der Waals surface area contributed by atoms with Crippen molar-refractivity contribution in [2.75, 3.05) is 39.3 Å². The number of ether oxygens (including phenoxy) is 1. The van der Waals surface area contributed by atoms with E-state index in [1.807, 2.05) is 18.7 Å². The van der Waals surface area contributed by atoms with Gasteiger partial charge in [-0.25, -0.2) is 0 Å². The molecule has 4 atom stereocenters. The lowest BCUT2D eigenvalue weighted by Crippen LogP contribution is -2.58. The summed E-state index contributed by atoms with van der Waals surface area (Å²) in [6.45, 7) is 6.17. The molecule has 0 aromatic heterocycles. The summed E-state index contributed by atoms with van der Waals surface area (Å²) < 4.78 is 34.5. The Morgan fingerprint density at radius 3 is 2.15 bits per heavy atom. The highest BCUT2D eigenvalue weighted by Gasteiger charge is 2.38. The summed E-state index contributed by atoms with van der Waals surface area (Å²) in [5, 5.41) is 0. The predicted octanol–water partition coefficient (Wildman–Crippen LogP) is 0.424. The van der Waals surface area contributed by atoms with Gasteiger partial charge in [0.1, 0.15) is 0 Å². The normalized spacial score (nSPS) is 34.1. The third-order valence-corrected chi connectivity index (χ3v) is 7.62. The van der Waals surface area contributed by atoms with Crippen LogP contribution in [0, 0.1) is 5.92 Å². The molecule has 0 bridgehead atoms. The molecule has 2 aliphatic heterocycles. The van der Waals surface area contributed by atoms with E-state index >= 15 is 0 Å². The number of hydrogen-bond acceptors (Lipinski definition) is 5. The Bertz CT molecular complexity index is 602. The summed E-state index contributed by atoms with van der Waals surface area (Å²) in [6, 6.07) is 0.115. The van der Waals surface area contributed by atoms with Crippen LogP contribution in [0.25, 0.3) is 0 Å². The maximum Gasteiger partial charge on any atom is 0.282 e. The molecule has 27 heavy (non-hydrogen) atoms. The Hall–Kier alpha value is -0.450. The van der Waals surface area contributed by atoms with E-state index < -0.39 is 10.2 Å². The molecule has 0 radical (unpaired) electrons. The van der Waals surface area contributed by atoms with Crippen LogP contribution in [0.2, 0.25) is 0 Å². The number of nitrogens with zero attached hydrogens (tertiary/aromatic N) is 3. The quantitative estimate of drug-likeness (QED) is 0.708. The van der Waals surface area contributed by atoms with Crippen LogP contribution in [0.5, 0.6) is 0 Å². The zero-order chi connectivity index (χ0) is 18.9. The van der Waals surface area contributed by atoms with Crippen LogP contribution in [0.3, 0.4) is 0 Å². The number of rotatable bonds is 3. The largest absolute Gasteiger partial charge is 0.373 e. The first-order chi connectivity index (χ1) is 12.3. The third-order valence-electron chi connectivity index (χ3n) is 5.65. The number of nitrogens with two attached hydrogens (primary N) is 1. The first-order valence-corrected chi connectivity index (χ1v) is 11.1. The number of carbonyl (C=O) groups excluding carboxylic acids is 1. The summed E-state index contributed by atoms with van der Waals surface area (Å²) in [7, 11) is -3.50. The number of halogens is 1. The van der Waals surface area contributed by atoms with Crippen LogP contribution < -0.4 is 5.73 Å². The van der Waals surface area contributed by atoms with Crippen LogP contribution in [-0.4, -0.2) is 85.4 Å². The van der Waals surface area contributed by atoms with Gasteiger partial charge in [0.15, 0.2) is 0 Å². The molecule has 8 nitrogen and oxygen atoms in total. The van der Waals surface area contributed by atoms with E-state index in [-0.39, 0.29) is 42.5 Å². The number of morpholine rings is 1. The molecule has 1 amide bonds. The molecule has 0 spiro atoms. The zero-order valence-electron chi connectivity index (χ0n) is 16.2. The van der Waals surface area contributed by atoms with Gasteiger partial charge in [-0.3, -0.25) is 4.79 Å². The standard InChI is InChI=1S/C17H32N4O4S.ClH/c1-13-11-21(12-14(2)25-13)26(23,24)20-8-6-19(7-9-20)17(22)15-4-3-5-16(18)10-15;/h13-16H,3-12,18H2,1-2H3;1H. The van der Waals surface area contributed by atoms with Gasteiger partial charge in [0, 0.05) is 51.2 Å². The lowest BCUT2D eigenvalue weighted by molar-refractivity contribution is -0.138. The molecule has 2 N–H and O–H groups in total. The lowest BCUT2D eigenvalue weighted by Gasteiger charge is -2.41. The van der Waals surface area contributed by atoms with Gasteiger partial charge in [-0.15, -0.1) is 12.4 Å². The van der Waals surface area contributed by atoms with E-state index in [9.17, 15) is 13.2 Å². The second kappa shape index (κ2) is 9.37. The minimum absolute atomic E-state index is 0. The fourth-order valence-electron chi connectivity index (χ4n) is 4.33. The predicted molar refractivity (Wildman–Crippen MR) is 106 cm³/mol. The van der Waals surface area contributed by atoms with Crippen molar-refractivity contribution in [3.63, 3.8) is 0 Å². The van der Waals surface area contributed by atoms with Crippen molar-refractivity contribution in [2.24, 2.45) is 11.7 Å².